The molecular formula is C16H20N2O2. The Hall–Kier alpha value is -2.10. The van der Waals surface area contributed by atoms with Gasteiger partial charge >= 0.3 is 0 Å². The number of imidazole rings is 1. The van der Waals surface area contributed by atoms with Crippen molar-refractivity contribution in [1.29, 1.82) is 0 Å². The van der Waals surface area contributed by atoms with Crippen molar-refractivity contribution in [3.63, 3.8) is 0 Å². The number of nitrogens with zero attached hydrogens (tertiary/aromatic N) is 2. The van der Waals surface area contributed by atoms with E-state index in [1.54, 1.807) is 29.1 Å². The van der Waals surface area contributed by atoms with Gasteiger partial charge in [0.1, 0.15) is 17.2 Å². The molecule has 2 aromatic rings. The number of carbonyl (C=O) groups excluding carboxylic acids is 1. The first-order valence-corrected chi connectivity index (χ1v) is 6.76. The predicted molar refractivity (Wildman–Crippen MR) is 78.2 cm³/mol. The fourth-order valence-corrected chi connectivity index (χ4v) is 1.94. The van der Waals surface area contributed by atoms with Crippen LogP contribution in [0.15, 0.2) is 36.7 Å². The Morgan fingerprint density at radius 1 is 1.25 bits per heavy atom. The van der Waals surface area contributed by atoms with E-state index >= 15 is 0 Å². The maximum absolute atomic E-state index is 12.4. The number of rotatable bonds is 3. The Balaban J connectivity index is 2.20. The summed E-state index contributed by atoms with van der Waals surface area (Å²) >= 11 is 0. The number of hydrogen-bond donors (Lipinski definition) is 0. The molecule has 0 fully saturated rings. The van der Waals surface area contributed by atoms with Crippen molar-refractivity contribution in [3.05, 3.63) is 48.0 Å². The molecule has 0 aliphatic rings. The van der Waals surface area contributed by atoms with E-state index in [-0.39, 0.29) is 11.5 Å². The average molecular weight is 272 g/mol. The minimum absolute atomic E-state index is 0.0679. The minimum atomic E-state index is -0.245. The molecule has 0 saturated carbocycles. The fraction of sp³-hybridized carbons (Fsp3) is 0.375. The van der Waals surface area contributed by atoms with Crippen molar-refractivity contribution in [2.24, 2.45) is 0 Å². The lowest BCUT2D eigenvalue weighted by Crippen LogP contribution is -2.23. The molecule has 0 aliphatic heterocycles. The highest BCUT2D eigenvalue weighted by Gasteiger charge is 2.14. The second-order valence-corrected chi connectivity index (χ2v) is 5.61. The maximum atomic E-state index is 12.4. The Morgan fingerprint density at radius 3 is 2.45 bits per heavy atom. The quantitative estimate of drug-likeness (QED) is 0.861. The van der Waals surface area contributed by atoms with Gasteiger partial charge in [-0.2, -0.15) is 0 Å². The highest BCUT2D eigenvalue weighted by atomic mass is 16.5. The van der Waals surface area contributed by atoms with Crippen LogP contribution in [0.2, 0.25) is 0 Å². The van der Waals surface area contributed by atoms with Crippen LogP contribution in [0.5, 0.6) is 5.75 Å². The van der Waals surface area contributed by atoms with Crippen LogP contribution in [0.25, 0.3) is 0 Å². The molecule has 0 spiro atoms. The Labute approximate surface area is 119 Å². The summed E-state index contributed by atoms with van der Waals surface area (Å²) in [6.07, 6.45) is 4.07. The van der Waals surface area contributed by atoms with E-state index in [1.165, 1.54) is 0 Å². The molecule has 1 aromatic heterocycles. The second-order valence-electron chi connectivity index (χ2n) is 5.61. The van der Waals surface area contributed by atoms with Crippen LogP contribution in [0.3, 0.4) is 0 Å². The van der Waals surface area contributed by atoms with Gasteiger partial charge in [0.25, 0.3) is 5.91 Å². The molecule has 0 bridgehead atoms. The van der Waals surface area contributed by atoms with E-state index in [1.807, 2.05) is 39.8 Å². The van der Waals surface area contributed by atoms with Crippen molar-refractivity contribution in [2.45, 2.75) is 39.7 Å². The first-order chi connectivity index (χ1) is 9.40. The van der Waals surface area contributed by atoms with Crippen LogP contribution in [-0.2, 0) is 6.42 Å². The van der Waals surface area contributed by atoms with Gasteiger partial charge in [0.05, 0.1) is 0 Å². The molecule has 4 heteroatoms. The third-order valence-electron chi connectivity index (χ3n) is 2.78. The second kappa shape index (κ2) is 5.49. The fourth-order valence-electron chi connectivity index (χ4n) is 1.94. The molecule has 20 heavy (non-hydrogen) atoms. The van der Waals surface area contributed by atoms with E-state index in [0.29, 0.717) is 5.56 Å². The monoisotopic (exact) mass is 272 g/mol. The molecule has 0 amide bonds. The summed E-state index contributed by atoms with van der Waals surface area (Å²) < 4.78 is 7.32. The van der Waals surface area contributed by atoms with Gasteiger partial charge in [0, 0.05) is 24.4 Å². The third kappa shape index (κ3) is 3.26. The first kappa shape index (κ1) is 14.3. The van der Waals surface area contributed by atoms with E-state index < -0.39 is 0 Å². The van der Waals surface area contributed by atoms with Gasteiger partial charge in [-0.1, -0.05) is 6.92 Å². The Morgan fingerprint density at radius 2 is 1.90 bits per heavy atom. The SMILES string of the molecule is CCc1nccn1C(=O)c1ccc(OC(C)(C)C)cc1. The standard InChI is InChI=1S/C16H20N2O2/c1-5-14-17-10-11-18(14)15(19)12-6-8-13(9-7-12)20-16(2,3)4/h6-11H,5H2,1-4H3. The molecule has 0 saturated heterocycles. The topological polar surface area (TPSA) is 44.1 Å². The molecule has 2 rings (SSSR count). The molecule has 1 aromatic carbocycles. The lowest BCUT2D eigenvalue weighted by Gasteiger charge is -2.21. The largest absolute Gasteiger partial charge is 0.488 e. The molecule has 0 unspecified atom stereocenters. The van der Waals surface area contributed by atoms with Gasteiger partial charge in [-0.05, 0) is 45.0 Å². The maximum Gasteiger partial charge on any atom is 0.263 e. The zero-order valence-corrected chi connectivity index (χ0v) is 12.4. The van der Waals surface area contributed by atoms with Crippen molar-refractivity contribution < 1.29 is 9.53 Å². The number of aryl methyl sites for hydroxylation is 1. The first-order valence-electron chi connectivity index (χ1n) is 6.76. The van der Waals surface area contributed by atoms with E-state index in [9.17, 15) is 4.79 Å². The van der Waals surface area contributed by atoms with Gasteiger partial charge in [0.15, 0.2) is 0 Å². The predicted octanol–water partition coefficient (Wildman–Crippen LogP) is 3.31. The number of ether oxygens (including phenoxy) is 1. The number of hydrogen-bond acceptors (Lipinski definition) is 3. The molecular weight excluding hydrogens is 252 g/mol. The van der Waals surface area contributed by atoms with Gasteiger partial charge < -0.3 is 4.74 Å². The van der Waals surface area contributed by atoms with Gasteiger partial charge in [-0.3, -0.25) is 9.36 Å². The number of benzene rings is 1. The average Bonchev–Trinajstić information content (AvgIpc) is 2.85. The van der Waals surface area contributed by atoms with Crippen LogP contribution in [0.4, 0.5) is 0 Å². The Bertz CT molecular complexity index is 592. The summed E-state index contributed by atoms with van der Waals surface area (Å²) in [6, 6.07) is 7.20. The van der Waals surface area contributed by atoms with Crippen LogP contribution < -0.4 is 4.74 Å². The van der Waals surface area contributed by atoms with Crippen molar-refractivity contribution in [1.82, 2.24) is 9.55 Å². The van der Waals surface area contributed by atoms with E-state index in [0.717, 1.165) is 18.0 Å². The zero-order chi connectivity index (χ0) is 14.8. The summed E-state index contributed by atoms with van der Waals surface area (Å²) in [5.41, 5.74) is 0.379. The number of carbonyl (C=O) groups is 1. The molecule has 1 heterocycles. The van der Waals surface area contributed by atoms with Crippen LogP contribution in [0.1, 0.15) is 43.9 Å². The van der Waals surface area contributed by atoms with Crippen LogP contribution >= 0.6 is 0 Å². The van der Waals surface area contributed by atoms with Crippen molar-refractivity contribution in [2.75, 3.05) is 0 Å². The van der Waals surface area contributed by atoms with Gasteiger partial charge in [-0.15, -0.1) is 0 Å². The molecule has 0 aliphatic carbocycles. The van der Waals surface area contributed by atoms with E-state index in [2.05, 4.69) is 4.98 Å². The van der Waals surface area contributed by atoms with Crippen LogP contribution in [-0.4, -0.2) is 21.1 Å². The summed E-state index contributed by atoms with van der Waals surface area (Å²) in [7, 11) is 0. The Kier molecular flexibility index (Phi) is 3.93. The van der Waals surface area contributed by atoms with Crippen molar-refractivity contribution >= 4 is 5.91 Å². The minimum Gasteiger partial charge on any atom is -0.488 e. The summed E-state index contributed by atoms with van der Waals surface area (Å²) in [4.78, 5) is 16.5. The van der Waals surface area contributed by atoms with Crippen molar-refractivity contribution in [3.8, 4) is 5.75 Å². The smallest absolute Gasteiger partial charge is 0.263 e. The zero-order valence-electron chi connectivity index (χ0n) is 12.4. The summed E-state index contributed by atoms with van der Waals surface area (Å²) in [5, 5.41) is 0. The highest BCUT2D eigenvalue weighted by molar-refractivity contribution is 5.96. The molecule has 0 N–H and O–H groups in total. The normalized spacial score (nSPS) is 11.4. The molecule has 106 valence electrons. The molecule has 4 nitrogen and oxygen atoms in total. The lowest BCUT2D eigenvalue weighted by atomic mass is 10.1. The summed E-state index contributed by atoms with van der Waals surface area (Å²) in [6.45, 7) is 7.95. The number of aromatic nitrogens is 2. The van der Waals surface area contributed by atoms with Gasteiger partial charge in [-0.25, -0.2) is 4.98 Å². The van der Waals surface area contributed by atoms with E-state index in [4.69, 9.17) is 4.74 Å². The molecule has 0 radical (unpaired) electrons. The lowest BCUT2D eigenvalue weighted by molar-refractivity contribution is 0.0956. The van der Waals surface area contributed by atoms with Crippen LogP contribution in [0, 0.1) is 0 Å². The van der Waals surface area contributed by atoms with Gasteiger partial charge in [0.2, 0.25) is 0 Å². The third-order valence-corrected chi connectivity index (χ3v) is 2.78. The summed E-state index contributed by atoms with van der Waals surface area (Å²) in [5.74, 6) is 1.46. The highest BCUT2D eigenvalue weighted by Crippen LogP contribution is 2.19. The molecule has 0 atom stereocenters.